The molecule has 1 aromatic carbocycles. The number of hydrogen-bond donors (Lipinski definition) is 0. The maximum absolute atomic E-state index is 12.9. The summed E-state index contributed by atoms with van der Waals surface area (Å²) >= 11 is 1.83. The first-order valence-corrected chi connectivity index (χ1v) is 10.1. The second-order valence-corrected chi connectivity index (χ2v) is 8.22. The number of hydrogen-bond acceptors (Lipinski definition) is 5. The molecule has 3 aliphatic heterocycles. The summed E-state index contributed by atoms with van der Waals surface area (Å²) in [6.07, 6.45) is 3.19. The zero-order valence-corrected chi connectivity index (χ0v) is 15.6. The van der Waals surface area contributed by atoms with E-state index in [0.29, 0.717) is 6.54 Å². The molecule has 25 heavy (non-hydrogen) atoms. The lowest BCUT2D eigenvalue weighted by Crippen LogP contribution is -2.57. The third-order valence-corrected chi connectivity index (χ3v) is 6.71. The summed E-state index contributed by atoms with van der Waals surface area (Å²) in [6, 6.07) is 8.19. The number of ether oxygens (including phenoxy) is 2. The van der Waals surface area contributed by atoms with Crippen LogP contribution in [0.2, 0.25) is 0 Å². The Hall–Kier alpha value is -1.08. The fourth-order valence-corrected chi connectivity index (χ4v) is 5.30. The van der Waals surface area contributed by atoms with Crippen LogP contribution in [0.15, 0.2) is 29.2 Å². The van der Waals surface area contributed by atoms with Crippen LogP contribution >= 0.6 is 11.8 Å². The molecule has 6 heteroatoms. The molecule has 1 aromatic rings. The Morgan fingerprint density at radius 1 is 1.36 bits per heavy atom. The van der Waals surface area contributed by atoms with E-state index in [0.717, 1.165) is 56.9 Å². The van der Waals surface area contributed by atoms with Gasteiger partial charge in [0.2, 0.25) is 5.91 Å². The van der Waals surface area contributed by atoms with Gasteiger partial charge in [-0.05, 0) is 31.4 Å². The lowest BCUT2D eigenvalue weighted by atomic mass is 9.86. The number of piperidine rings is 1. The maximum Gasteiger partial charge on any atom is 0.241 e. The Balaban J connectivity index is 1.42. The molecule has 0 bridgehead atoms. The molecule has 4 rings (SSSR count). The van der Waals surface area contributed by atoms with Crippen LogP contribution in [0.1, 0.15) is 19.3 Å². The summed E-state index contributed by atoms with van der Waals surface area (Å²) < 4.78 is 11.8. The predicted octanol–water partition coefficient (Wildman–Crippen LogP) is 2.40. The highest BCUT2D eigenvalue weighted by molar-refractivity contribution is 7.99. The summed E-state index contributed by atoms with van der Waals surface area (Å²) in [5.41, 5.74) is 0.933. The topological polar surface area (TPSA) is 42.0 Å². The molecular weight excluding hydrogens is 336 g/mol. The highest BCUT2D eigenvalue weighted by Crippen LogP contribution is 2.38. The number of likely N-dealkylation sites (tertiary alicyclic amines) is 1. The number of para-hydroxylation sites is 1. The van der Waals surface area contributed by atoms with Gasteiger partial charge in [0.25, 0.3) is 0 Å². The van der Waals surface area contributed by atoms with Crippen LogP contribution in [-0.2, 0) is 14.3 Å². The summed E-state index contributed by atoms with van der Waals surface area (Å²) in [5, 5.41) is 0. The molecule has 5 nitrogen and oxygen atoms in total. The normalized spacial score (nSPS) is 29.8. The number of fused-ring (bicyclic) bond motifs is 1. The molecule has 0 aromatic heterocycles. The number of thioether (sulfide) groups is 1. The average molecular weight is 362 g/mol. The van der Waals surface area contributed by atoms with Crippen molar-refractivity contribution in [2.75, 3.05) is 50.5 Å². The van der Waals surface area contributed by atoms with E-state index in [1.807, 2.05) is 28.8 Å². The molecule has 2 atom stereocenters. The summed E-state index contributed by atoms with van der Waals surface area (Å²) in [4.78, 5) is 18.3. The van der Waals surface area contributed by atoms with Gasteiger partial charge in [0.05, 0.1) is 23.9 Å². The molecule has 0 saturated carbocycles. The summed E-state index contributed by atoms with van der Waals surface area (Å²) in [5.74, 6) is 1.14. The van der Waals surface area contributed by atoms with Crippen LogP contribution in [0, 0.1) is 0 Å². The Morgan fingerprint density at radius 3 is 3.04 bits per heavy atom. The van der Waals surface area contributed by atoms with Crippen molar-refractivity contribution in [3.63, 3.8) is 0 Å². The highest BCUT2D eigenvalue weighted by Gasteiger charge is 2.47. The smallest absolute Gasteiger partial charge is 0.241 e. The van der Waals surface area contributed by atoms with Crippen molar-refractivity contribution in [1.82, 2.24) is 4.90 Å². The average Bonchev–Trinajstić information content (AvgIpc) is 3.12. The fraction of sp³-hybridized carbons (Fsp3) is 0.632. The van der Waals surface area contributed by atoms with Gasteiger partial charge in [-0.25, -0.2) is 0 Å². The molecule has 1 amide bonds. The van der Waals surface area contributed by atoms with E-state index in [-0.39, 0.29) is 17.6 Å². The van der Waals surface area contributed by atoms with Crippen molar-refractivity contribution in [1.29, 1.82) is 0 Å². The van der Waals surface area contributed by atoms with Gasteiger partial charge < -0.3 is 14.4 Å². The van der Waals surface area contributed by atoms with Crippen LogP contribution in [0.3, 0.4) is 0 Å². The second kappa shape index (κ2) is 7.27. The number of nitrogens with zero attached hydrogens (tertiary/aromatic N) is 2. The van der Waals surface area contributed by atoms with Gasteiger partial charge in [0.15, 0.2) is 0 Å². The number of carbonyl (C=O) groups is 1. The van der Waals surface area contributed by atoms with E-state index < -0.39 is 0 Å². The molecule has 1 spiro atoms. The lowest BCUT2D eigenvalue weighted by Gasteiger charge is -2.44. The van der Waals surface area contributed by atoms with Gasteiger partial charge in [-0.15, -0.1) is 11.8 Å². The summed E-state index contributed by atoms with van der Waals surface area (Å²) in [6.45, 7) is 3.74. The van der Waals surface area contributed by atoms with E-state index in [2.05, 4.69) is 17.0 Å². The number of anilines is 1. The molecule has 2 saturated heterocycles. The largest absolute Gasteiger partial charge is 0.377 e. The first-order valence-electron chi connectivity index (χ1n) is 9.13. The highest BCUT2D eigenvalue weighted by atomic mass is 32.2. The quantitative estimate of drug-likeness (QED) is 0.826. The van der Waals surface area contributed by atoms with Crippen molar-refractivity contribution < 1.29 is 14.3 Å². The van der Waals surface area contributed by atoms with E-state index >= 15 is 0 Å². The number of rotatable bonds is 3. The van der Waals surface area contributed by atoms with Crippen molar-refractivity contribution in [3.8, 4) is 0 Å². The van der Waals surface area contributed by atoms with Gasteiger partial charge in [-0.2, -0.15) is 0 Å². The Morgan fingerprint density at radius 2 is 2.24 bits per heavy atom. The Kier molecular flexibility index (Phi) is 5.04. The zero-order valence-electron chi connectivity index (χ0n) is 14.8. The van der Waals surface area contributed by atoms with E-state index in [4.69, 9.17) is 9.47 Å². The molecule has 3 heterocycles. The number of amides is 1. The van der Waals surface area contributed by atoms with E-state index in [1.165, 1.54) is 4.90 Å². The first kappa shape index (κ1) is 17.3. The van der Waals surface area contributed by atoms with Gasteiger partial charge in [0.1, 0.15) is 0 Å². The standard InChI is InChI=1S/C19H26N2O3S/c1-23-17-13-20(9-8-19(17)7-4-11-24-19)14-18(22)21-10-12-25-16-6-3-2-5-15(16)21/h2-3,5-6,17H,4,7-14H2,1H3. The minimum atomic E-state index is -0.122. The molecule has 136 valence electrons. The third-order valence-electron chi connectivity index (χ3n) is 5.67. The van der Waals surface area contributed by atoms with E-state index in [1.54, 1.807) is 7.11 Å². The molecule has 0 radical (unpaired) electrons. The summed E-state index contributed by atoms with van der Waals surface area (Å²) in [7, 11) is 1.76. The zero-order chi connectivity index (χ0) is 17.3. The molecule has 2 fully saturated rings. The molecule has 0 N–H and O–H groups in total. The SMILES string of the molecule is COC1CN(CC(=O)N2CCSc3ccccc32)CCC12CCCO2. The van der Waals surface area contributed by atoms with Crippen molar-refractivity contribution in [3.05, 3.63) is 24.3 Å². The van der Waals surface area contributed by atoms with Gasteiger partial charge in [0, 0.05) is 44.0 Å². The monoisotopic (exact) mass is 362 g/mol. The van der Waals surface area contributed by atoms with Gasteiger partial charge in [-0.3, -0.25) is 9.69 Å². The van der Waals surface area contributed by atoms with Crippen LogP contribution in [0.25, 0.3) is 0 Å². The van der Waals surface area contributed by atoms with Crippen LogP contribution in [-0.4, -0.2) is 68.2 Å². The van der Waals surface area contributed by atoms with Crippen molar-refractivity contribution >= 4 is 23.4 Å². The third kappa shape index (κ3) is 3.33. The number of benzene rings is 1. The lowest BCUT2D eigenvalue weighted by molar-refractivity contribution is -0.146. The van der Waals surface area contributed by atoms with Gasteiger partial charge in [-0.1, -0.05) is 12.1 Å². The first-order chi connectivity index (χ1) is 12.2. The number of carbonyl (C=O) groups excluding carboxylic acids is 1. The second-order valence-electron chi connectivity index (χ2n) is 7.09. The van der Waals surface area contributed by atoms with Crippen molar-refractivity contribution in [2.24, 2.45) is 0 Å². The predicted molar refractivity (Wildman–Crippen MR) is 99.3 cm³/mol. The number of methoxy groups -OCH3 is 1. The van der Waals surface area contributed by atoms with Gasteiger partial charge >= 0.3 is 0 Å². The molecule has 0 aliphatic carbocycles. The van der Waals surface area contributed by atoms with Crippen LogP contribution in [0.5, 0.6) is 0 Å². The minimum Gasteiger partial charge on any atom is -0.377 e. The minimum absolute atomic E-state index is 0.0562. The van der Waals surface area contributed by atoms with Crippen LogP contribution < -0.4 is 4.90 Å². The molecule has 2 unspecified atom stereocenters. The Labute approximate surface area is 153 Å². The van der Waals surface area contributed by atoms with E-state index in [9.17, 15) is 4.79 Å². The molecule has 3 aliphatic rings. The fourth-order valence-electron chi connectivity index (χ4n) is 4.31. The van der Waals surface area contributed by atoms with Crippen LogP contribution in [0.4, 0.5) is 5.69 Å². The maximum atomic E-state index is 12.9. The van der Waals surface area contributed by atoms with Crippen molar-refractivity contribution in [2.45, 2.75) is 35.9 Å². The Bertz CT molecular complexity index is 633. The molecular formula is C19H26N2O3S.